The number of benzene rings is 1. The van der Waals surface area contributed by atoms with Gasteiger partial charge in [0.05, 0.1) is 12.2 Å². The lowest BCUT2D eigenvalue weighted by atomic mass is 10.1. The molecular formula is C16H24N2O3. The summed E-state index contributed by atoms with van der Waals surface area (Å²) in [5.41, 5.74) is 0.808. The molecule has 21 heavy (non-hydrogen) atoms. The molecule has 0 aliphatic rings. The van der Waals surface area contributed by atoms with Gasteiger partial charge in [0, 0.05) is 11.2 Å². The van der Waals surface area contributed by atoms with Gasteiger partial charge in [-0.05, 0) is 51.5 Å². The van der Waals surface area contributed by atoms with Gasteiger partial charge in [0.15, 0.2) is 0 Å². The van der Waals surface area contributed by atoms with Crippen molar-refractivity contribution in [3.8, 4) is 0 Å². The highest BCUT2D eigenvalue weighted by Crippen LogP contribution is 2.11. The average molecular weight is 292 g/mol. The first-order chi connectivity index (χ1) is 9.81. The molecule has 0 aliphatic heterocycles. The molecule has 0 saturated heterocycles. The van der Waals surface area contributed by atoms with E-state index < -0.39 is 0 Å². The standard InChI is InChI=1S/C16H24N2O3/c1-5-6-11-21-14(19)12-7-9-13(10-8-12)17-15(20)18-16(2,3)4/h7-10H,5-6,11H2,1-4H3,(H2,17,18,20). The third-order valence-corrected chi connectivity index (χ3v) is 2.60. The molecule has 0 aliphatic carbocycles. The van der Waals surface area contributed by atoms with Crippen molar-refractivity contribution >= 4 is 17.7 Å². The highest BCUT2D eigenvalue weighted by molar-refractivity contribution is 5.92. The summed E-state index contributed by atoms with van der Waals surface area (Å²) in [6.07, 6.45) is 1.84. The fourth-order valence-electron chi connectivity index (χ4n) is 1.59. The normalized spacial score (nSPS) is 10.9. The first kappa shape index (κ1) is 17.0. The number of nitrogens with one attached hydrogen (secondary N) is 2. The summed E-state index contributed by atoms with van der Waals surface area (Å²) in [6, 6.07) is 6.36. The SMILES string of the molecule is CCCCOC(=O)c1ccc(NC(=O)NC(C)(C)C)cc1. The molecular weight excluding hydrogens is 268 g/mol. The molecule has 0 bridgehead atoms. The number of urea groups is 1. The third-order valence-electron chi connectivity index (χ3n) is 2.60. The van der Waals surface area contributed by atoms with E-state index in [9.17, 15) is 9.59 Å². The first-order valence-corrected chi connectivity index (χ1v) is 7.18. The number of unbranched alkanes of at least 4 members (excludes halogenated alkanes) is 1. The number of hydrogen-bond acceptors (Lipinski definition) is 3. The van der Waals surface area contributed by atoms with Crippen molar-refractivity contribution in [2.24, 2.45) is 0 Å². The Kier molecular flexibility index (Phi) is 6.21. The van der Waals surface area contributed by atoms with Crippen LogP contribution in [-0.4, -0.2) is 24.1 Å². The lowest BCUT2D eigenvalue weighted by Gasteiger charge is -2.20. The summed E-state index contributed by atoms with van der Waals surface area (Å²) < 4.78 is 5.12. The van der Waals surface area contributed by atoms with Crippen LogP contribution < -0.4 is 10.6 Å². The van der Waals surface area contributed by atoms with Gasteiger partial charge >= 0.3 is 12.0 Å². The number of esters is 1. The predicted octanol–water partition coefficient (Wildman–Crippen LogP) is 3.56. The van der Waals surface area contributed by atoms with Gasteiger partial charge in [0.2, 0.25) is 0 Å². The summed E-state index contributed by atoms with van der Waals surface area (Å²) in [5.74, 6) is -0.339. The van der Waals surface area contributed by atoms with E-state index in [-0.39, 0.29) is 17.5 Å². The van der Waals surface area contributed by atoms with E-state index in [1.165, 1.54) is 0 Å². The Bertz CT molecular complexity index is 475. The van der Waals surface area contributed by atoms with Gasteiger partial charge in [0.1, 0.15) is 0 Å². The fraction of sp³-hybridized carbons (Fsp3) is 0.500. The maximum Gasteiger partial charge on any atom is 0.338 e. The van der Waals surface area contributed by atoms with Crippen LogP contribution in [0.15, 0.2) is 24.3 Å². The number of amides is 2. The number of ether oxygens (including phenoxy) is 1. The summed E-state index contributed by atoms with van der Waals surface area (Å²) in [4.78, 5) is 23.4. The summed E-state index contributed by atoms with van der Waals surface area (Å²) in [5, 5.41) is 5.51. The molecule has 0 radical (unpaired) electrons. The molecule has 1 aromatic carbocycles. The van der Waals surface area contributed by atoms with Gasteiger partial charge in [-0.15, -0.1) is 0 Å². The second kappa shape index (κ2) is 7.67. The van der Waals surface area contributed by atoms with E-state index in [1.54, 1.807) is 24.3 Å². The lowest BCUT2D eigenvalue weighted by molar-refractivity contribution is 0.0500. The van der Waals surface area contributed by atoms with Crippen molar-refractivity contribution in [3.05, 3.63) is 29.8 Å². The van der Waals surface area contributed by atoms with Crippen molar-refractivity contribution in [2.75, 3.05) is 11.9 Å². The fourth-order valence-corrected chi connectivity index (χ4v) is 1.59. The summed E-state index contributed by atoms with van der Waals surface area (Å²) >= 11 is 0. The number of carbonyl (C=O) groups is 2. The summed E-state index contributed by atoms with van der Waals surface area (Å²) in [7, 11) is 0. The van der Waals surface area contributed by atoms with Crippen molar-refractivity contribution < 1.29 is 14.3 Å². The quantitative estimate of drug-likeness (QED) is 0.644. The number of hydrogen-bond donors (Lipinski definition) is 2. The minimum Gasteiger partial charge on any atom is -0.462 e. The van der Waals surface area contributed by atoms with Crippen LogP contribution in [0.5, 0.6) is 0 Å². The van der Waals surface area contributed by atoms with Gasteiger partial charge in [-0.2, -0.15) is 0 Å². The van der Waals surface area contributed by atoms with Crippen molar-refractivity contribution in [1.82, 2.24) is 5.32 Å². The van der Waals surface area contributed by atoms with Crippen LogP contribution in [0.25, 0.3) is 0 Å². The molecule has 0 spiro atoms. The molecule has 5 nitrogen and oxygen atoms in total. The smallest absolute Gasteiger partial charge is 0.338 e. The lowest BCUT2D eigenvalue weighted by Crippen LogP contribution is -2.43. The maximum absolute atomic E-state index is 11.7. The molecule has 0 aromatic heterocycles. The Labute approximate surface area is 126 Å². The molecule has 0 atom stereocenters. The van der Waals surface area contributed by atoms with E-state index in [0.717, 1.165) is 12.8 Å². The molecule has 0 heterocycles. The largest absolute Gasteiger partial charge is 0.462 e. The molecule has 5 heteroatoms. The van der Waals surface area contributed by atoms with E-state index in [2.05, 4.69) is 10.6 Å². The van der Waals surface area contributed by atoms with Gasteiger partial charge < -0.3 is 15.4 Å². The topological polar surface area (TPSA) is 67.4 Å². The monoisotopic (exact) mass is 292 g/mol. The van der Waals surface area contributed by atoms with E-state index in [0.29, 0.717) is 17.9 Å². The van der Waals surface area contributed by atoms with Crippen LogP contribution in [0.1, 0.15) is 50.9 Å². The average Bonchev–Trinajstić information content (AvgIpc) is 2.37. The van der Waals surface area contributed by atoms with E-state index in [1.807, 2.05) is 27.7 Å². The van der Waals surface area contributed by atoms with E-state index >= 15 is 0 Å². The van der Waals surface area contributed by atoms with Gasteiger partial charge in [0.25, 0.3) is 0 Å². The number of anilines is 1. The molecule has 0 fully saturated rings. The van der Waals surface area contributed by atoms with Crippen molar-refractivity contribution in [2.45, 2.75) is 46.1 Å². The van der Waals surface area contributed by atoms with Crippen molar-refractivity contribution in [1.29, 1.82) is 0 Å². The van der Waals surface area contributed by atoms with Crippen LogP contribution >= 0.6 is 0 Å². The predicted molar refractivity (Wildman–Crippen MR) is 83.5 cm³/mol. The van der Waals surface area contributed by atoms with Crippen LogP contribution in [0.2, 0.25) is 0 Å². The Hall–Kier alpha value is -2.04. The molecule has 1 rings (SSSR count). The first-order valence-electron chi connectivity index (χ1n) is 7.18. The Balaban J connectivity index is 2.54. The summed E-state index contributed by atoms with van der Waals surface area (Å²) in [6.45, 7) is 8.19. The molecule has 2 amide bonds. The highest BCUT2D eigenvalue weighted by atomic mass is 16.5. The Morgan fingerprint density at radius 2 is 1.76 bits per heavy atom. The second-order valence-electron chi connectivity index (χ2n) is 5.90. The minimum absolute atomic E-state index is 0.277. The van der Waals surface area contributed by atoms with Gasteiger partial charge in [-0.25, -0.2) is 9.59 Å². The van der Waals surface area contributed by atoms with Crippen LogP contribution in [0.3, 0.4) is 0 Å². The number of rotatable bonds is 5. The zero-order valence-electron chi connectivity index (χ0n) is 13.2. The van der Waals surface area contributed by atoms with Gasteiger partial charge in [-0.1, -0.05) is 13.3 Å². The second-order valence-corrected chi connectivity index (χ2v) is 5.90. The number of carbonyl (C=O) groups excluding carboxylic acids is 2. The van der Waals surface area contributed by atoms with Crippen molar-refractivity contribution in [3.63, 3.8) is 0 Å². The van der Waals surface area contributed by atoms with Crippen LogP contribution in [0, 0.1) is 0 Å². The molecule has 1 aromatic rings. The third kappa shape index (κ3) is 6.79. The molecule has 0 unspecified atom stereocenters. The molecule has 0 saturated carbocycles. The van der Waals surface area contributed by atoms with Crippen LogP contribution in [0.4, 0.5) is 10.5 Å². The zero-order valence-corrected chi connectivity index (χ0v) is 13.2. The van der Waals surface area contributed by atoms with Crippen LogP contribution in [-0.2, 0) is 4.74 Å². The highest BCUT2D eigenvalue weighted by Gasteiger charge is 2.13. The Morgan fingerprint density at radius 1 is 1.14 bits per heavy atom. The van der Waals surface area contributed by atoms with Gasteiger partial charge in [-0.3, -0.25) is 0 Å². The minimum atomic E-state index is -0.339. The zero-order chi connectivity index (χ0) is 15.9. The maximum atomic E-state index is 11.7. The Morgan fingerprint density at radius 3 is 2.29 bits per heavy atom. The van der Waals surface area contributed by atoms with E-state index in [4.69, 9.17) is 4.74 Å². The molecule has 2 N–H and O–H groups in total. The molecule has 116 valence electrons.